The lowest BCUT2D eigenvalue weighted by Gasteiger charge is -2.24. The predicted octanol–water partition coefficient (Wildman–Crippen LogP) is 2.79. The highest BCUT2D eigenvalue weighted by molar-refractivity contribution is 6.04. The highest BCUT2D eigenvalue weighted by atomic mass is 19.4. The van der Waals surface area contributed by atoms with Crippen LogP contribution in [0.3, 0.4) is 0 Å². The molecule has 3 rings (SSSR count). The quantitative estimate of drug-likeness (QED) is 0.843. The van der Waals surface area contributed by atoms with Crippen LogP contribution in [-0.2, 0) is 0 Å². The molecule has 0 spiro atoms. The third kappa shape index (κ3) is 2.02. The zero-order valence-electron chi connectivity index (χ0n) is 10.3. The Morgan fingerprint density at radius 2 is 1.80 bits per heavy atom. The lowest BCUT2D eigenvalue weighted by molar-refractivity contribution is -0.266. The van der Waals surface area contributed by atoms with Gasteiger partial charge in [-0.25, -0.2) is 0 Å². The van der Waals surface area contributed by atoms with Gasteiger partial charge in [0.05, 0.1) is 12.1 Å². The largest absolute Gasteiger partial charge is 0.438 e. The van der Waals surface area contributed by atoms with Gasteiger partial charge >= 0.3 is 6.18 Å². The van der Waals surface area contributed by atoms with Gasteiger partial charge in [0.2, 0.25) is 0 Å². The Labute approximate surface area is 112 Å². The van der Waals surface area contributed by atoms with Crippen LogP contribution < -0.4 is 5.43 Å². The maximum Gasteiger partial charge on any atom is 0.438 e. The van der Waals surface area contributed by atoms with Crippen molar-refractivity contribution < 1.29 is 18.3 Å². The minimum atomic E-state index is -4.77. The van der Waals surface area contributed by atoms with Gasteiger partial charge in [0, 0.05) is 0 Å². The van der Waals surface area contributed by atoms with E-state index in [2.05, 4.69) is 5.10 Å². The monoisotopic (exact) mass is 280 g/mol. The van der Waals surface area contributed by atoms with Crippen molar-refractivity contribution in [2.75, 3.05) is 0 Å². The molecule has 20 heavy (non-hydrogen) atoms. The van der Waals surface area contributed by atoms with E-state index >= 15 is 0 Å². The summed E-state index contributed by atoms with van der Waals surface area (Å²) in [5.74, 6) is 0. The Morgan fingerprint density at radius 1 is 1.10 bits per heavy atom. The average Bonchev–Trinajstić information content (AvgIpc) is 2.82. The number of halogens is 3. The molecule has 0 amide bonds. The smallest absolute Gasteiger partial charge is 0.362 e. The van der Waals surface area contributed by atoms with E-state index in [1.807, 2.05) is 30.3 Å². The average molecular weight is 280 g/mol. The van der Waals surface area contributed by atoms with Crippen molar-refractivity contribution in [2.24, 2.45) is 5.10 Å². The molecule has 0 radical (unpaired) electrons. The number of nitrogens with one attached hydrogen (secondary N) is 1. The van der Waals surface area contributed by atoms with Crippen LogP contribution in [0.15, 0.2) is 47.6 Å². The van der Waals surface area contributed by atoms with Crippen molar-refractivity contribution in [3.63, 3.8) is 0 Å². The number of alkyl halides is 3. The number of rotatable bonds is 1. The fraction of sp³-hybridized carbons (Fsp3) is 0.214. The standard InChI is InChI=1S/C14H11F3N2O/c15-14(16,17)13(20)8-12(18-19-13)11-6-5-9-3-1-2-4-10(9)7-11/h1-7,19-20H,8H2. The SMILES string of the molecule is OC1(C(F)(F)F)CC(c2ccc3ccccc3c2)=NN1. The molecule has 0 aliphatic carbocycles. The van der Waals surface area contributed by atoms with Crippen LogP contribution in [-0.4, -0.2) is 22.7 Å². The molecule has 0 aromatic heterocycles. The van der Waals surface area contributed by atoms with Crippen LogP contribution in [0.2, 0.25) is 0 Å². The van der Waals surface area contributed by atoms with Gasteiger partial charge in [-0.15, -0.1) is 0 Å². The maximum absolute atomic E-state index is 12.7. The Kier molecular flexibility index (Phi) is 2.72. The lowest BCUT2D eigenvalue weighted by Crippen LogP contribution is -2.52. The molecule has 1 aliphatic heterocycles. The minimum Gasteiger partial charge on any atom is -0.362 e. The molecule has 6 heteroatoms. The summed E-state index contributed by atoms with van der Waals surface area (Å²) in [5, 5.41) is 15.1. The first-order chi connectivity index (χ1) is 9.39. The maximum atomic E-state index is 12.7. The van der Waals surface area contributed by atoms with Gasteiger partial charge in [0.15, 0.2) is 0 Å². The highest BCUT2D eigenvalue weighted by Gasteiger charge is 2.57. The van der Waals surface area contributed by atoms with Gasteiger partial charge in [-0.1, -0.05) is 36.4 Å². The molecule has 2 N–H and O–H groups in total. The number of hydrogen-bond donors (Lipinski definition) is 2. The summed E-state index contributed by atoms with van der Waals surface area (Å²) in [6.45, 7) is 0. The number of benzene rings is 2. The number of hydrazone groups is 1. The molecule has 3 nitrogen and oxygen atoms in total. The van der Waals surface area contributed by atoms with Crippen LogP contribution in [0.5, 0.6) is 0 Å². The number of nitrogens with zero attached hydrogens (tertiary/aromatic N) is 1. The highest BCUT2D eigenvalue weighted by Crippen LogP contribution is 2.35. The van der Waals surface area contributed by atoms with E-state index in [4.69, 9.17) is 0 Å². The molecule has 0 bridgehead atoms. The van der Waals surface area contributed by atoms with Gasteiger partial charge < -0.3 is 5.11 Å². The Morgan fingerprint density at radius 3 is 2.45 bits per heavy atom. The normalized spacial score (nSPS) is 22.7. The van der Waals surface area contributed by atoms with Crippen LogP contribution in [0.25, 0.3) is 10.8 Å². The van der Waals surface area contributed by atoms with Crippen LogP contribution >= 0.6 is 0 Å². The van der Waals surface area contributed by atoms with Crippen LogP contribution in [0.4, 0.5) is 13.2 Å². The van der Waals surface area contributed by atoms with Crippen molar-refractivity contribution >= 4 is 16.5 Å². The Bertz CT molecular complexity index is 696. The van der Waals surface area contributed by atoms with E-state index in [0.29, 0.717) is 5.56 Å². The fourth-order valence-electron chi connectivity index (χ4n) is 2.18. The van der Waals surface area contributed by atoms with Crippen molar-refractivity contribution in [3.8, 4) is 0 Å². The molecule has 0 saturated heterocycles. The van der Waals surface area contributed by atoms with Crippen LogP contribution in [0, 0.1) is 0 Å². The van der Waals surface area contributed by atoms with Gasteiger partial charge in [-0.05, 0) is 22.4 Å². The number of aliphatic hydroxyl groups is 1. The van der Waals surface area contributed by atoms with Crippen molar-refractivity contribution in [3.05, 3.63) is 48.0 Å². The number of fused-ring (bicyclic) bond motifs is 1. The predicted molar refractivity (Wildman–Crippen MR) is 69.2 cm³/mol. The first-order valence-electron chi connectivity index (χ1n) is 6.01. The summed E-state index contributed by atoms with van der Waals surface area (Å²) in [7, 11) is 0. The molecule has 1 unspecified atom stereocenters. The van der Waals surface area contributed by atoms with Gasteiger partial charge in [-0.3, -0.25) is 5.43 Å². The first-order valence-corrected chi connectivity index (χ1v) is 6.01. The van der Waals surface area contributed by atoms with Crippen LogP contribution in [0.1, 0.15) is 12.0 Å². The Hall–Kier alpha value is -2.08. The van der Waals surface area contributed by atoms with Crippen molar-refractivity contribution in [1.29, 1.82) is 0 Å². The molecule has 2 aromatic carbocycles. The molecule has 1 heterocycles. The third-order valence-corrected chi connectivity index (χ3v) is 3.35. The molecule has 104 valence electrons. The fourth-order valence-corrected chi connectivity index (χ4v) is 2.18. The first kappa shape index (κ1) is 12.9. The summed E-state index contributed by atoms with van der Waals surface area (Å²) in [5.41, 5.74) is -0.434. The van der Waals surface area contributed by atoms with E-state index in [1.54, 1.807) is 17.6 Å². The van der Waals surface area contributed by atoms with E-state index < -0.39 is 18.3 Å². The summed E-state index contributed by atoms with van der Waals surface area (Å²) in [6.07, 6.45) is -5.37. The zero-order chi connectivity index (χ0) is 14.4. The van der Waals surface area contributed by atoms with Gasteiger partial charge in [0.25, 0.3) is 5.72 Å². The second kappa shape index (κ2) is 4.21. The van der Waals surface area contributed by atoms with Crippen molar-refractivity contribution in [2.45, 2.75) is 18.3 Å². The zero-order valence-corrected chi connectivity index (χ0v) is 10.3. The van der Waals surface area contributed by atoms with Crippen molar-refractivity contribution in [1.82, 2.24) is 5.43 Å². The lowest BCUT2D eigenvalue weighted by atomic mass is 9.99. The van der Waals surface area contributed by atoms with E-state index in [-0.39, 0.29) is 5.71 Å². The molecular weight excluding hydrogens is 269 g/mol. The molecular formula is C14H11F3N2O. The second-order valence-corrected chi connectivity index (χ2v) is 4.77. The van der Waals surface area contributed by atoms with E-state index in [0.717, 1.165) is 10.8 Å². The number of hydrogen-bond acceptors (Lipinski definition) is 3. The molecule has 0 saturated carbocycles. The molecule has 1 atom stereocenters. The van der Waals surface area contributed by atoms with E-state index in [9.17, 15) is 18.3 Å². The van der Waals surface area contributed by atoms with Gasteiger partial charge in [-0.2, -0.15) is 18.3 Å². The summed E-state index contributed by atoms with van der Waals surface area (Å²) in [4.78, 5) is 0. The second-order valence-electron chi connectivity index (χ2n) is 4.77. The molecule has 1 aliphatic rings. The topological polar surface area (TPSA) is 44.6 Å². The third-order valence-electron chi connectivity index (χ3n) is 3.35. The molecule has 2 aromatic rings. The summed E-state index contributed by atoms with van der Waals surface area (Å²) in [6, 6.07) is 12.8. The summed E-state index contributed by atoms with van der Waals surface area (Å²) < 4.78 is 38.1. The Balaban J connectivity index is 1.94. The minimum absolute atomic E-state index is 0.190. The summed E-state index contributed by atoms with van der Waals surface area (Å²) >= 11 is 0. The van der Waals surface area contributed by atoms with Gasteiger partial charge in [0.1, 0.15) is 0 Å². The van der Waals surface area contributed by atoms with E-state index in [1.165, 1.54) is 0 Å². The molecule has 0 fully saturated rings.